The molecule has 0 saturated heterocycles. The Balaban J connectivity index is 2.47. The molecule has 4 heteroatoms. The van der Waals surface area contributed by atoms with Gasteiger partial charge < -0.3 is 0 Å². The third kappa shape index (κ3) is 2.18. The van der Waals surface area contributed by atoms with Crippen LogP contribution in [-0.2, 0) is 6.54 Å². The largest absolute Gasteiger partial charge is 0.287 e. The van der Waals surface area contributed by atoms with Gasteiger partial charge in [-0.3, -0.25) is 9.48 Å². The lowest BCUT2D eigenvalue weighted by molar-refractivity contribution is 0.102. The predicted molar refractivity (Wildman–Crippen MR) is 67.2 cm³/mol. The van der Waals surface area contributed by atoms with Crippen LogP contribution in [0.4, 0.5) is 4.39 Å². The van der Waals surface area contributed by atoms with E-state index in [0.717, 1.165) is 5.69 Å². The van der Waals surface area contributed by atoms with Crippen LogP contribution in [-0.4, -0.2) is 15.6 Å². The van der Waals surface area contributed by atoms with Gasteiger partial charge in [0, 0.05) is 12.1 Å². The molecule has 0 atom stereocenters. The Bertz CT molecular complexity index is 602. The number of rotatable bonds is 3. The third-order valence-electron chi connectivity index (χ3n) is 2.87. The van der Waals surface area contributed by atoms with E-state index in [4.69, 9.17) is 0 Å². The van der Waals surface area contributed by atoms with Gasteiger partial charge in [0.1, 0.15) is 11.5 Å². The smallest absolute Gasteiger partial charge is 0.211 e. The summed E-state index contributed by atoms with van der Waals surface area (Å²) in [7, 11) is 0. The van der Waals surface area contributed by atoms with Gasteiger partial charge in [0.2, 0.25) is 5.78 Å². The summed E-state index contributed by atoms with van der Waals surface area (Å²) in [5.41, 5.74) is 2.51. The minimum absolute atomic E-state index is 0.116. The van der Waals surface area contributed by atoms with Gasteiger partial charge in [-0.1, -0.05) is 0 Å². The average molecular weight is 246 g/mol. The van der Waals surface area contributed by atoms with E-state index in [9.17, 15) is 9.18 Å². The van der Waals surface area contributed by atoms with E-state index in [0.29, 0.717) is 23.4 Å². The maximum Gasteiger partial charge on any atom is 0.211 e. The maximum atomic E-state index is 13.0. The lowest BCUT2D eigenvalue weighted by atomic mass is 10.0. The van der Waals surface area contributed by atoms with Gasteiger partial charge >= 0.3 is 0 Å². The minimum Gasteiger partial charge on any atom is -0.287 e. The lowest BCUT2D eigenvalue weighted by Gasteiger charge is -2.06. The fourth-order valence-corrected chi connectivity index (χ4v) is 1.99. The summed E-state index contributed by atoms with van der Waals surface area (Å²) in [5, 5.41) is 4.24. The van der Waals surface area contributed by atoms with Gasteiger partial charge in [-0.25, -0.2) is 4.39 Å². The second-order valence-corrected chi connectivity index (χ2v) is 4.28. The van der Waals surface area contributed by atoms with E-state index >= 15 is 0 Å². The van der Waals surface area contributed by atoms with Gasteiger partial charge in [-0.05, 0) is 50.6 Å². The molecule has 1 heterocycles. The van der Waals surface area contributed by atoms with Crippen molar-refractivity contribution in [1.29, 1.82) is 0 Å². The number of hydrogen-bond acceptors (Lipinski definition) is 2. The Hall–Kier alpha value is -1.97. The van der Waals surface area contributed by atoms with Crippen LogP contribution in [0.5, 0.6) is 0 Å². The highest BCUT2D eigenvalue weighted by atomic mass is 19.1. The number of carbonyl (C=O) groups excluding carboxylic acids is 1. The number of carbonyl (C=O) groups is 1. The van der Waals surface area contributed by atoms with Crippen LogP contribution in [0.15, 0.2) is 24.3 Å². The molecule has 1 aromatic heterocycles. The molecule has 3 nitrogen and oxygen atoms in total. The SMILES string of the molecule is CCn1nc(C)cc1C(=O)c1ccc(F)cc1C. The summed E-state index contributed by atoms with van der Waals surface area (Å²) in [6.07, 6.45) is 0. The van der Waals surface area contributed by atoms with Crippen molar-refractivity contribution in [3.05, 3.63) is 52.6 Å². The summed E-state index contributed by atoms with van der Waals surface area (Å²) in [6.45, 7) is 6.15. The first-order valence-electron chi connectivity index (χ1n) is 5.88. The number of aryl methyl sites for hydroxylation is 3. The Kier molecular flexibility index (Phi) is 3.28. The Morgan fingerprint density at radius 3 is 2.67 bits per heavy atom. The quantitative estimate of drug-likeness (QED) is 0.780. The van der Waals surface area contributed by atoms with E-state index in [-0.39, 0.29) is 11.6 Å². The van der Waals surface area contributed by atoms with Gasteiger partial charge in [0.05, 0.1) is 5.69 Å². The standard InChI is InChI=1S/C14H15FN2O/c1-4-17-13(8-10(3)16-17)14(18)12-6-5-11(15)7-9(12)2/h5-8H,4H2,1-3H3. The van der Waals surface area contributed by atoms with Gasteiger partial charge in [-0.2, -0.15) is 5.10 Å². The van der Waals surface area contributed by atoms with Gasteiger partial charge in [0.15, 0.2) is 0 Å². The molecule has 0 aliphatic heterocycles. The van der Waals surface area contributed by atoms with Crippen LogP contribution >= 0.6 is 0 Å². The summed E-state index contributed by atoms with van der Waals surface area (Å²) in [4.78, 5) is 12.4. The summed E-state index contributed by atoms with van der Waals surface area (Å²) in [5.74, 6) is -0.445. The highest BCUT2D eigenvalue weighted by Crippen LogP contribution is 2.16. The summed E-state index contributed by atoms with van der Waals surface area (Å²) >= 11 is 0. The zero-order chi connectivity index (χ0) is 13.3. The third-order valence-corrected chi connectivity index (χ3v) is 2.87. The van der Waals surface area contributed by atoms with Crippen LogP contribution < -0.4 is 0 Å². The van der Waals surface area contributed by atoms with E-state index in [1.165, 1.54) is 18.2 Å². The zero-order valence-corrected chi connectivity index (χ0v) is 10.7. The molecule has 2 rings (SSSR count). The first-order chi connectivity index (χ1) is 8.52. The number of nitrogens with zero attached hydrogens (tertiary/aromatic N) is 2. The molecule has 0 spiro atoms. The van der Waals surface area contributed by atoms with Crippen LogP contribution in [0.3, 0.4) is 0 Å². The molecule has 0 fully saturated rings. The summed E-state index contributed by atoms with van der Waals surface area (Å²) in [6, 6.07) is 5.95. The maximum absolute atomic E-state index is 13.0. The number of benzene rings is 1. The van der Waals surface area contributed by atoms with Gasteiger partial charge in [0.25, 0.3) is 0 Å². The Morgan fingerprint density at radius 1 is 1.33 bits per heavy atom. The van der Waals surface area contributed by atoms with E-state index in [1.54, 1.807) is 17.7 Å². The average Bonchev–Trinajstić information content (AvgIpc) is 2.69. The van der Waals surface area contributed by atoms with Crippen LogP contribution in [0.2, 0.25) is 0 Å². The number of aromatic nitrogens is 2. The van der Waals surface area contributed by atoms with Gasteiger partial charge in [-0.15, -0.1) is 0 Å². The monoisotopic (exact) mass is 246 g/mol. The van der Waals surface area contributed by atoms with Crippen molar-refractivity contribution in [3.8, 4) is 0 Å². The zero-order valence-electron chi connectivity index (χ0n) is 10.7. The molecule has 0 radical (unpaired) electrons. The summed E-state index contributed by atoms with van der Waals surface area (Å²) < 4.78 is 14.7. The molecule has 0 N–H and O–H groups in total. The number of ketones is 1. The minimum atomic E-state index is -0.329. The second-order valence-electron chi connectivity index (χ2n) is 4.28. The molecule has 0 bridgehead atoms. The number of halogens is 1. The molecule has 0 amide bonds. The Labute approximate surface area is 105 Å². The highest BCUT2D eigenvalue weighted by Gasteiger charge is 2.17. The van der Waals surface area contributed by atoms with Crippen molar-refractivity contribution in [2.45, 2.75) is 27.3 Å². The molecule has 2 aromatic rings. The predicted octanol–water partition coefficient (Wildman–Crippen LogP) is 2.89. The molecule has 0 saturated carbocycles. The van der Waals surface area contributed by atoms with Crippen molar-refractivity contribution >= 4 is 5.78 Å². The molecular formula is C14H15FN2O. The Morgan fingerprint density at radius 2 is 2.06 bits per heavy atom. The first kappa shape index (κ1) is 12.5. The molecule has 1 aromatic carbocycles. The lowest BCUT2D eigenvalue weighted by Crippen LogP contribution is -2.11. The second kappa shape index (κ2) is 4.72. The van der Waals surface area contributed by atoms with E-state index in [1.807, 2.05) is 13.8 Å². The fourth-order valence-electron chi connectivity index (χ4n) is 1.99. The molecule has 0 aliphatic carbocycles. The van der Waals surface area contributed by atoms with Crippen molar-refractivity contribution in [2.24, 2.45) is 0 Å². The highest BCUT2D eigenvalue weighted by molar-refractivity contribution is 6.08. The van der Waals surface area contributed by atoms with E-state index in [2.05, 4.69) is 5.10 Å². The molecule has 0 unspecified atom stereocenters. The van der Waals surface area contributed by atoms with Crippen LogP contribution in [0, 0.1) is 19.7 Å². The molecule has 18 heavy (non-hydrogen) atoms. The number of hydrogen-bond donors (Lipinski definition) is 0. The van der Waals surface area contributed by atoms with Crippen LogP contribution in [0.25, 0.3) is 0 Å². The fraction of sp³-hybridized carbons (Fsp3) is 0.286. The van der Waals surface area contributed by atoms with Crippen molar-refractivity contribution in [3.63, 3.8) is 0 Å². The first-order valence-corrected chi connectivity index (χ1v) is 5.88. The molecule has 0 aliphatic rings. The van der Waals surface area contributed by atoms with Crippen molar-refractivity contribution in [2.75, 3.05) is 0 Å². The van der Waals surface area contributed by atoms with Crippen molar-refractivity contribution in [1.82, 2.24) is 9.78 Å². The molecule has 94 valence electrons. The van der Waals surface area contributed by atoms with Crippen LogP contribution in [0.1, 0.15) is 34.2 Å². The topological polar surface area (TPSA) is 34.9 Å². The van der Waals surface area contributed by atoms with E-state index < -0.39 is 0 Å². The normalized spacial score (nSPS) is 10.7. The van der Waals surface area contributed by atoms with Crippen molar-refractivity contribution < 1.29 is 9.18 Å². The molecular weight excluding hydrogens is 231 g/mol.